The molecule has 0 saturated heterocycles. The zero-order chi connectivity index (χ0) is 24.3. The molecule has 0 unspecified atom stereocenters. The highest BCUT2D eigenvalue weighted by atomic mass is 35.5. The minimum Gasteiger partial charge on any atom is -0.462 e. The number of benzene rings is 2. The molecule has 0 bridgehead atoms. The van der Waals surface area contributed by atoms with Crippen LogP contribution >= 0.6 is 11.6 Å². The monoisotopic (exact) mass is 492 g/mol. The van der Waals surface area contributed by atoms with Crippen molar-refractivity contribution in [2.75, 3.05) is 29.0 Å². The fourth-order valence-corrected chi connectivity index (χ4v) is 3.91. The summed E-state index contributed by atoms with van der Waals surface area (Å²) in [4.78, 5) is 24.6. The first-order valence-corrected chi connectivity index (χ1v) is 11.4. The average Bonchev–Trinajstić information content (AvgIpc) is 2.67. The van der Waals surface area contributed by atoms with Gasteiger partial charge in [0.1, 0.15) is 6.54 Å². The summed E-state index contributed by atoms with van der Waals surface area (Å²) in [6.45, 7) is 2.50. The van der Waals surface area contributed by atoms with E-state index in [1.54, 1.807) is 13.8 Å². The van der Waals surface area contributed by atoms with Crippen molar-refractivity contribution in [3.63, 3.8) is 0 Å². The van der Waals surface area contributed by atoms with Crippen LogP contribution < -0.4 is 9.62 Å². The lowest BCUT2D eigenvalue weighted by Gasteiger charge is -2.24. The number of sulfonamides is 1. The summed E-state index contributed by atoms with van der Waals surface area (Å²) < 4.78 is 69.2. The van der Waals surface area contributed by atoms with Crippen LogP contribution in [0.4, 0.5) is 24.5 Å². The quantitative estimate of drug-likeness (QED) is 0.583. The van der Waals surface area contributed by atoms with E-state index in [0.29, 0.717) is 22.0 Å². The molecule has 2 aromatic carbocycles. The number of esters is 1. The van der Waals surface area contributed by atoms with E-state index < -0.39 is 45.9 Å². The second kappa shape index (κ2) is 9.78. The fraction of sp³-hybridized carbons (Fsp3) is 0.300. The van der Waals surface area contributed by atoms with Crippen molar-refractivity contribution >= 4 is 44.9 Å². The molecule has 12 heteroatoms. The smallest absolute Gasteiger partial charge is 0.416 e. The van der Waals surface area contributed by atoms with Crippen molar-refractivity contribution in [2.45, 2.75) is 20.0 Å². The maximum atomic E-state index is 13.1. The first-order chi connectivity index (χ1) is 14.8. The lowest BCUT2D eigenvalue weighted by Crippen LogP contribution is -2.38. The number of hydrogen-bond acceptors (Lipinski definition) is 5. The molecule has 2 aromatic rings. The van der Waals surface area contributed by atoms with E-state index in [0.717, 1.165) is 12.3 Å². The molecule has 7 nitrogen and oxygen atoms in total. The van der Waals surface area contributed by atoms with Gasteiger partial charge in [0, 0.05) is 5.69 Å². The first kappa shape index (κ1) is 25.5. The topological polar surface area (TPSA) is 92.8 Å². The van der Waals surface area contributed by atoms with Gasteiger partial charge in [-0.15, -0.1) is 0 Å². The van der Waals surface area contributed by atoms with E-state index in [9.17, 15) is 31.2 Å². The lowest BCUT2D eigenvalue weighted by molar-refractivity contribution is -0.137. The van der Waals surface area contributed by atoms with Gasteiger partial charge in [-0.3, -0.25) is 9.10 Å². The molecule has 0 radical (unpaired) electrons. The standard InChI is InChI=1S/C20H20ClF3N2O5S/c1-4-31-19(28)14-6-5-7-16(12(14)2)25-18(27)11-26(32(3,29)30)17-10-13(20(22,23)24)8-9-15(17)21/h5-10H,4,11H2,1-3H3,(H,25,27). The van der Waals surface area contributed by atoms with Crippen LogP contribution in [0.15, 0.2) is 36.4 Å². The van der Waals surface area contributed by atoms with Crippen LogP contribution in [0.2, 0.25) is 5.02 Å². The van der Waals surface area contributed by atoms with E-state index in [-0.39, 0.29) is 22.9 Å². The maximum Gasteiger partial charge on any atom is 0.416 e. The molecule has 0 aliphatic heterocycles. The molecule has 0 atom stereocenters. The summed E-state index contributed by atoms with van der Waals surface area (Å²) in [5.74, 6) is -1.46. The van der Waals surface area contributed by atoms with Gasteiger partial charge in [0.2, 0.25) is 15.9 Å². The van der Waals surface area contributed by atoms with Crippen LogP contribution in [0.3, 0.4) is 0 Å². The van der Waals surface area contributed by atoms with Crippen molar-refractivity contribution in [3.8, 4) is 0 Å². The van der Waals surface area contributed by atoms with E-state index in [4.69, 9.17) is 16.3 Å². The summed E-state index contributed by atoms with van der Waals surface area (Å²) in [5.41, 5.74) is -0.822. The number of ether oxygens (including phenoxy) is 1. The van der Waals surface area contributed by atoms with E-state index >= 15 is 0 Å². The number of amides is 1. The SMILES string of the molecule is CCOC(=O)c1cccc(NC(=O)CN(c2cc(C(F)(F)F)ccc2Cl)S(C)(=O)=O)c1C. The minimum absolute atomic E-state index is 0.149. The van der Waals surface area contributed by atoms with E-state index in [1.165, 1.54) is 18.2 Å². The van der Waals surface area contributed by atoms with Gasteiger partial charge in [-0.2, -0.15) is 13.2 Å². The molecule has 1 amide bonds. The third kappa shape index (κ3) is 6.13. The molecular formula is C20H20ClF3N2O5S. The Morgan fingerprint density at radius 2 is 1.84 bits per heavy atom. The Morgan fingerprint density at radius 1 is 1.19 bits per heavy atom. The van der Waals surface area contributed by atoms with Crippen molar-refractivity contribution < 1.29 is 35.9 Å². The molecule has 0 aliphatic carbocycles. The van der Waals surface area contributed by atoms with Crippen molar-refractivity contribution in [1.29, 1.82) is 0 Å². The summed E-state index contributed by atoms with van der Waals surface area (Å²) in [6, 6.07) is 6.64. The molecule has 32 heavy (non-hydrogen) atoms. The summed E-state index contributed by atoms with van der Waals surface area (Å²) in [7, 11) is -4.18. The van der Waals surface area contributed by atoms with Gasteiger partial charge >= 0.3 is 12.1 Å². The Bertz CT molecular complexity index is 1140. The van der Waals surface area contributed by atoms with Crippen LogP contribution in [0.25, 0.3) is 0 Å². The highest BCUT2D eigenvalue weighted by Crippen LogP contribution is 2.36. The Hall–Kier alpha value is -2.79. The molecule has 2 rings (SSSR count). The first-order valence-electron chi connectivity index (χ1n) is 9.16. The minimum atomic E-state index is -4.74. The largest absolute Gasteiger partial charge is 0.462 e. The number of carbonyl (C=O) groups excluding carboxylic acids is 2. The Kier molecular flexibility index (Phi) is 7.79. The van der Waals surface area contributed by atoms with Crippen molar-refractivity contribution in [3.05, 3.63) is 58.1 Å². The number of nitrogens with one attached hydrogen (secondary N) is 1. The van der Waals surface area contributed by atoms with E-state index in [2.05, 4.69) is 5.32 Å². The van der Waals surface area contributed by atoms with Crippen LogP contribution in [0.5, 0.6) is 0 Å². The van der Waals surface area contributed by atoms with Gasteiger partial charge in [-0.1, -0.05) is 17.7 Å². The van der Waals surface area contributed by atoms with Gasteiger partial charge in [0.15, 0.2) is 0 Å². The Balaban J connectivity index is 2.36. The number of hydrogen-bond donors (Lipinski definition) is 1. The van der Waals surface area contributed by atoms with Crippen molar-refractivity contribution in [1.82, 2.24) is 0 Å². The molecule has 0 aliphatic rings. The number of alkyl halides is 3. The molecule has 0 heterocycles. The predicted octanol–water partition coefficient (Wildman–Crippen LogP) is 4.25. The molecule has 174 valence electrons. The molecule has 0 fully saturated rings. The third-order valence-corrected chi connectivity index (χ3v) is 5.78. The number of halogens is 4. The highest BCUT2D eigenvalue weighted by molar-refractivity contribution is 7.92. The molecular weight excluding hydrogens is 473 g/mol. The van der Waals surface area contributed by atoms with Crippen molar-refractivity contribution in [2.24, 2.45) is 0 Å². The second-order valence-corrected chi connectivity index (χ2v) is 8.99. The second-order valence-electron chi connectivity index (χ2n) is 6.68. The average molecular weight is 493 g/mol. The summed E-state index contributed by atoms with van der Waals surface area (Å²) in [5, 5.41) is 2.19. The van der Waals surface area contributed by atoms with Gasteiger partial charge in [0.25, 0.3) is 0 Å². The number of nitrogens with zero attached hydrogens (tertiary/aromatic N) is 1. The normalized spacial score (nSPS) is 11.7. The number of rotatable bonds is 7. The highest BCUT2D eigenvalue weighted by Gasteiger charge is 2.33. The summed E-state index contributed by atoms with van der Waals surface area (Å²) >= 11 is 5.94. The Morgan fingerprint density at radius 3 is 2.41 bits per heavy atom. The van der Waals surface area contributed by atoms with Gasteiger partial charge in [0.05, 0.1) is 34.7 Å². The fourth-order valence-electron chi connectivity index (χ4n) is 2.78. The molecule has 0 aromatic heterocycles. The van der Waals surface area contributed by atoms with Gasteiger partial charge in [-0.25, -0.2) is 13.2 Å². The summed E-state index contributed by atoms with van der Waals surface area (Å²) in [6.07, 6.45) is -4.00. The molecule has 1 N–H and O–H groups in total. The van der Waals surface area contributed by atoms with Crippen LogP contribution in [-0.4, -0.2) is 39.7 Å². The zero-order valence-corrected chi connectivity index (χ0v) is 18.9. The zero-order valence-electron chi connectivity index (χ0n) is 17.3. The number of carbonyl (C=O) groups is 2. The molecule has 0 spiro atoms. The maximum absolute atomic E-state index is 13.1. The van der Waals surface area contributed by atoms with Crippen LogP contribution in [0, 0.1) is 6.92 Å². The van der Waals surface area contributed by atoms with Crippen LogP contribution in [0.1, 0.15) is 28.4 Å². The molecule has 0 saturated carbocycles. The third-order valence-electron chi connectivity index (χ3n) is 4.33. The van der Waals surface area contributed by atoms with E-state index in [1.807, 2.05) is 0 Å². The number of anilines is 2. The Labute approximate surface area is 188 Å². The van der Waals surface area contributed by atoms with Gasteiger partial charge < -0.3 is 10.1 Å². The lowest BCUT2D eigenvalue weighted by atomic mass is 10.1. The van der Waals surface area contributed by atoms with Crippen LogP contribution in [-0.2, 0) is 25.7 Å². The predicted molar refractivity (Wildman–Crippen MR) is 114 cm³/mol. The van der Waals surface area contributed by atoms with Gasteiger partial charge in [-0.05, 0) is 49.7 Å².